The maximum absolute atomic E-state index is 13.0. The second-order valence-electron chi connectivity index (χ2n) is 7.65. The summed E-state index contributed by atoms with van der Waals surface area (Å²) in [6.45, 7) is 8.75. The quantitative estimate of drug-likeness (QED) is 0.885. The summed E-state index contributed by atoms with van der Waals surface area (Å²) in [7, 11) is -3.50. The molecule has 1 fully saturated rings. The summed E-state index contributed by atoms with van der Waals surface area (Å²) in [6, 6.07) is 5.27. The van der Waals surface area contributed by atoms with Crippen molar-refractivity contribution >= 4 is 31.6 Å². The Bertz CT molecular complexity index is 852. The Hall–Kier alpha value is -1.02. The molecule has 1 saturated heterocycles. The SMILES string of the molecule is C[C@H]1C[C@H](N)CCN1S(=O)(=O)c1ccc2nc(C(C)(C)C)sc2c1. The average molecular weight is 368 g/mol. The summed E-state index contributed by atoms with van der Waals surface area (Å²) in [6.07, 6.45) is 1.41. The number of piperidine rings is 1. The monoisotopic (exact) mass is 367 g/mol. The molecule has 0 amide bonds. The smallest absolute Gasteiger partial charge is 0.243 e. The van der Waals surface area contributed by atoms with Gasteiger partial charge in [0.05, 0.1) is 20.1 Å². The summed E-state index contributed by atoms with van der Waals surface area (Å²) in [5, 5.41) is 1.02. The number of thiazole rings is 1. The van der Waals surface area contributed by atoms with E-state index in [4.69, 9.17) is 5.73 Å². The first-order valence-electron chi connectivity index (χ1n) is 8.27. The molecular formula is C17H25N3O2S2. The minimum Gasteiger partial charge on any atom is -0.328 e. The molecule has 24 heavy (non-hydrogen) atoms. The van der Waals surface area contributed by atoms with E-state index in [9.17, 15) is 8.42 Å². The first kappa shape index (κ1) is 17.8. The zero-order valence-corrected chi connectivity index (χ0v) is 16.2. The molecule has 2 heterocycles. The number of aromatic nitrogens is 1. The van der Waals surface area contributed by atoms with Crippen LogP contribution in [0.4, 0.5) is 0 Å². The Kier molecular flexibility index (Phi) is 4.49. The average Bonchev–Trinajstić information content (AvgIpc) is 2.89. The summed E-state index contributed by atoms with van der Waals surface area (Å²) in [4.78, 5) is 4.99. The molecule has 1 aromatic carbocycles. The largest absolute Gasteiger partial charge is 0.328 e. The maximum atomic E-state index is 13.0. The predicted molar refractivity (Wildman–Crippen MR) is 98.9 cm³/mol. The van der Waals surface area contributed by atoms with Gasteiger partial charge in [0.25, 0.3) is 0 Å². The van der Waals surface area contributed by atoms with E-state index in [0.717, 1.165) is 15.2 Å². The number of fused-ring (bicyclic) bond motifs is 1. The van der Waals surface area contributed by atoms with Crippen molar-refractivity contribution in [2.45, 2.75) is 62.9 Å². The van der Waals surface area contributed by atoms with E-state index in [0.29, 0.717) is 24.3 Å². The zero-order chi connectivity index (χ0) is 17.7. The topological polar surface area (TPSA) is 76.3 Å². The van der Waals surface area contributed by atoms with E-state index in [1.165, 1.54) is 0 Å². The fourth-order valence-corrected chi connectivity index (χ4v) is 5.89. The van der Waals surface area contributed by atoms with Gasteiger partial charge in [0.1, 0.15) is 0 Å². The minimum absolute atomic E-state index is 0.0414. The molecule has 0 spiro atoms. The van der Waals surface area contributed by atoms with Crippen LogP contribution in [0.5, 0.6) is 0 Å². The van der Waals surface area contributed by atoms with Crippen molar-refractivity contribution in [3.63, 3.8) is 0 Å². The molecule has 0 saturated carbocycles. The third-order valence-corrected chi connectivity index (χ3v) is 7.92. The molecule has 1 aliphatic rings. The molecule has 0 bridgehead atoms. The summed E-state index contributed by atoms with van der Waals surface area (Å²) < 4.78 is 28.5. The third-order valence-electron chi connectivity index (χ3n) is 4.46. The number of hydrogen-bond donors (Lipinski definition) is 1. The fraction of sp³-hybridized carbons (Fsp3) is 0.588. The molecule has 2 N–H and O–H groups in total. The second-order valence-corrected chi connectivity index (χ2v) is 10.6. The van der Waals surface area contributed by atoms with Crippen LogP contribution in [0.25, 0.3) is 10.2 Å². The van der Waals surface area contributed by atoms with Crippen LogP contribution in [0.15, 0.2) is 23.1 Å². The normalized spacial score (nSPS) is 23.7. The van der Waals surface area contributed by atoms with Crippen molar-refractivity contribution in [1.29, 1.82) is 0 Å². The fourth-order valence-electron chi connectivity index (χ4n) is 3.07. The molecule has 0 aliphatic carbocycles. The van der Waals surface area contributed by atoms with Gasteiger partial charge in [0.2, 0.25) is 10.0 Å². The number of nitrogens with zero attached hydrogens (tertiary/aromatic N) is 2. The van der Waals surface area contributed by atoms with Crippen LogP contribution in [0.3, 0.4) is 0 Å². The minimum atomic E-state index is -3.50. The van der Waals surface area contributed by atoms with Gasteiger partial charge in [-0.1, -0.05) is 20.8 Å². The maximum Gasteiger partial charge on any atom is 0.243 e. The molecule has 2 aromatic rings. The van der Waals surface area contributed by atoms with E-state index in [-0.39, 0.29) is 17.5 Å². The first-order valence-corrected chi connectivity index (χ1v) is 10.5. The number of rotatable bonds is 2. The second kappa shape index (κ2) is 6.05. The standard InChI is InChI=1S/C17H25N3O2S2/c1-11-9-12(18)7-8-20(11)24(21,22)13-5-6-14-15(10-13)23-16(19-14)17(2,3)4/h5-6,10-12H,7-9,18H2,1-4H3/t11-,12+/m0/s1. The lowest BCUT2D eigenvalue weighted by Crippen LogP contribution is -2.48. The zero-order valence-electron chi connectivity index (χ0n) is 14.6. The van der Waals surface area contributed by atoms with Crippen molar-refractivity contribution in [3.05, 3.63) is 23.2 Å². The van der Waals surface area contributed by atoms with Gasteiger partial charge in [-0.05, 0) is 38.0 Å². The van der Waals surface area contributed by atoms with Crippen LogP contribution < -0.4 is 5.73 Å². The van der Waals surface area contributed by atoms with Crippen LogP contribution in [0.2, 0.25) is 0 Å². The Labute approximate surface area is 147 Å². The summed E-state index contributed by atoms with van der Waals surface area (Å²) in [5.41, 5.74) is 6.78. The Morgan fingerprint density at radius 1 is 1.33 bits per heavy atom. The highest BCUT2D eigenvalue weighted by Crippen LogP contribution is 2.33. The van der Waals surface area contributed by atoms with Gasteiger partial charge in [-0.15, -0.1) is 11.3 Å². The van der Waals surface area contributed by atoms with Gasteiger partial charge in [0, 0.05) is 24.0 Å². The van der Waals surface area contributed by atoms with Crippen molar-refractivity contribution in [2.75, 3.05) is 6.54 Å². The van der Waals surface area contributed by atoms with Gasteiger partial charge in [0.15, 0.2) is 0 Å². The Morgan fingerprint density at radius 3 is 2.67 bits per heavy atom. The van der Waals surface area contributed by atoms with E-state index < -0.39 is 10.0 Å². The number of nitrogens with two attached hydrogens (primary N) is 1. The highest BCUT2D eigenvalue weighted by Gasteiger charge is 2.33. The van der Waals surface area contributed by atoms with Crippen LogP contribution in [-0.4, -0.2) is 36.3 Å². The molecule has 5 nitrogen and oxygen atoms in total. The number of hydrogen-bond acceptors (Lipinski definition) is 5. The van der Waals surface area contributed by atoms with E-state index in [1.54, 1.807) is 27.8 Å². The molecular weight excluding hydrogens is 342 g/mol. The Balaban J connectivity index is 1.99. The molecule has 132 valence electrons. The molecule has 0 radical (unpaired) electrons. The molecule has 1 aromatic heterocycles. The van der Waals surface area contributed by atoms with Gasteiger partial charge >= 0.3 is 0 Å². The third kappa shape index (κ3) is 3.22. The molecule has 0 unspecified atom stereocenters. The van der Waals surface area contributed by atoms with Crippen molar-refractivity contribution in [2.24, 2.45) is 5.73 Å². The first-order chi connectivity index (χ1) is 11.1. The molecule has 3 rings (SSSR count). The highest BCUT2D eigenvalue weighted by molar-refractivity contribution is 7.89. The van der Waals surface area contributed by atoms with Gasteiger partial charge in [-0.2, -0.15) is 4.31 Å². The molecule has 2 atom stereocenters. The van der Waals surface area contributed by atoms with Crippen molar-refractivity contribution in [3.8, 4) is 0 Å². The van der Waals surface area contributed by atoms with E-state index in [2.05, 4.69) is 25.8 Å². The predicted octanol–water partition coefficient (Wildman–Crippen LogP) is 3.09. The lowest BCUT2D eigenvalue weighted by atomic mass is 9.98. The Morgan fingerprint density at radius 2 is 2.04 bits per heavy atom. The highest BCUT2D eigenvalue weighted by atomic mass is 32.2. The lowest BCUT2D eigenvalue weighted by Gasteiger charge is -2.35. The lowest BCUT2D eigenvalue weighted by molar-refractivity contribution is 0.247. The van der Waals surface area contributed by atoms with Crippen molar-refractivity contribution < 1.29 is 8.42 Å². The van der Waals surface area contributed by atoms with Crippen LogP contribution in [-0.2, 0) is 15.4 Å². The molecule has 1 aliphatic heterocycles. The van der Waals surface area contributed by atoms with Crippen LogP contribution in [0, 0.1) is 0 Å². The number of sulfonamides is 1. The van der Waals surface area contributed by atoms with E-state index >= 15 is 0 Å². The van der Waals surface area contributed by atoms with Crippen LogP contribution >= 0.6 is 11.3 Å². The van der Waals surface area contributed by atoms with Crippen molar-refractivity contribution in [1.82, 2.24) is 9.29 Å². The van der Waals surface area contributed by atoms with Gasteiger partial charge in [-0.3, -0.25) is 0 Å². The van der Waals surface area contributed by atoms with Gasteiger partial charge in [-0.25, -0.2) is 13.4 Å². The molecule has 7 heteroatoms. The van der Waals surface area contributed by atoms with Crippen LogP contribution in [0.1, 0.15) is 45.5 Å². The summed E-state index contributed by atoms with van der Waals surface area (Å²) in [5.74, 6) is 0. The van der Waals surface area contributed by atoms with Gasteiger partial charge < -0.3 is 5.73 Å². The summed E-state index contributed by atoms with van der Waals surface area (Å²) >= 11 is 1.57. The van der Waals surface area contributed by atoms with E-state index in [1.807, 2.05) is 13.0 Å². The number of benzene rings is 1.